The maximum absolute atomic E-state index is 11.0. The number of nitrogens with one attached hydrogen (secondary N) is 1. The molecular weight excluding hydrogens is 368 g/mol. The topological polar surface area (TPSA) is 216 Å². The van der Waals surface area contributed by atoms with Gasteiger partial charge in [-0.1, -0.05) is 7.43 Å². The van der Waals surface area contributed by atoms with E-state index in [1.165, 1.54) is 0 Å². The molecular formula is C14H29ClN6O5. The first-order valence-corrected chi connectivity index (χ1v) is 7.52. The van der Waals surface area contributed by atoms with Crippen molar-refractivity contribution in [3.05, 3.63) is 21.8 Å². The summed E-state index contributed by atoms with van der Waals surface area (Å²) < 4.78 is 9.30. The summed E-state index contributed by atoms with van der Waals surface area (Å²) in [4.78, 5) is 23.1. The minimum Gasteiger partial charge on any atom is -0.512 e. The Bertz CT molecular complexity index is 442. The van der Waals surface area contributed by atoms with Gasteiger partial charge in [0.15, 0.2) is 0 Å². The molecule has 0 unspecified atom stereocenters. The summed E-state index contributed by atoms with van der Waals surface area (Å²) in [5.41, 5.74) is 12.7. The molecule has 0 saturated heterocycles. The predicted octanol–water partition coefficient (Wildman–Crippen LogP) is 4.43. The third kappa shape index (κ3) is 21.5. The van der Waals surface area contributed by atoms with Crippen LogP contribution < -0.4 is 6.15 Å². The lowest BCUT2D eigenvalue weighted by Crippen LogP contribution is -2.07. The predicted molar refractivity (Wildman–Crippen MR) is 96.7 cm³/mol. The van der Waals surface area contributed by atoms with E-state index < -0.39 is 0 Å². The second kappa shape index (κ2) is 27.3. The number of carbonyl (C=O) groups excluding carboxylic acids is 2. The molecule has 0 aliphatic heterocycles. The molecule has 0 radical (unpaired) electrons. The number of esters is 2. The van der Waals surface area contributed by atoms with Crippen LogP contribution in [0.1, 0.15) is 47.0 Å². The molecule has 0 bridgehead atoms. The number of allylic oxidation sites excluding steroid dienone is 1. The van der Waals surface area contributed by atoms with Crippen LogP contribution in [0.5, 0.6) is 0 Å². The number of aliphatic hydroxyl groups is 1. The minimum atomic E-state index is -0.359. The van der Waals surface area contributed by atoms with Crippen molar-refractivity contribution in [2.75, 3.05) is 19.1 Å². The van der Waals surface area contributed by atoms with E-state index in [0.717, 1.165) is 6.42 Å². The lowest BCUT2D eigenvalue weighted by Gasteiger charge is -2.01. The zero-order valence-corrected chi connectivity index (χ0v) is 15.2. The molecule has 152 valence electrons. The average Bonchev–Trinajstić information content (AvgIpc) is 2.98. The van der Waals surface area contributed by atoms with Crippen molar-refractivity contribution in [3.63, 3.8) is 0 Å². The van der Waals surface area contributed by atoms with Gasteiger partial charge in [-0.3, -0.25) is 4.79 Å². The molecule has 0 aromatic heterocycles. The number of nitrogens with zero attached hydrogens (tertiary/aromatic N) is 4. The quantitative estimate of drug-likeness (QED) is 0.150. The fourth-order valence-electron chi connectivity index (χ4n) is 1.48. The van der Waals surface area contributed by atoms with Gasteiger partial charge in [-0.2, -0.15) is 0 Å². The number of hydrogen-bond acceptors (Lipinski definition) is 9. The van der Waals surface area contributed by atoms with Crippen LogP contribution in [0, 0.1) is 16.3 Å². The van der Waals surface area contributed by atoms with Gasteiger partial charge < -0.3 is 20.7 Å². The molecule has 0 spiro atoms. The Morgan fingerprint density at radius 3 is 2.04 bits per heavy atom. The van der Waals surface area contributed by atoms with Gasteiger partial charge >= 0.3 is 11.9 Å². The zero-order valence-electron chi connectivity index (χ0n) is 14.4. The van der Waals surface area contributed by atoms with Gasteiger partial charge in [-0.05, 0) is 37.1 Å². The summed E-state index contributed by atoms with van der Waals surface area (Å²) in [6.45, 7) is 4.34. The van der Waals surface area contributed by atoms with Crippen LogP contribution in [0.2, 0.25) is 0 Å². The van der Waals surface area contributed by atoms with Crippen molar-refractivity contribution in [2.45, 2.75) is 47.0 Å². The molecule has 0 amide bonds. The normalized spacial score (nSPS) is 10.3. The third-order valence-corrected chi connectivity index (χ3v) is 2.50. The number of rotatable bonds is 5. The Morgan fingerprint density at radius 1 is 1.27 bits per heavy atom. The van der Waals surface area contributed by atoms with Crippen LogP contribution in [-0.4, -0.2) is 36.1 Å². The summed E-state index contributed by atoms with van der Waals surface area (Å²) in [6, 6.07) is 0. The largest absolute Gasteiger partial charge is 0.512 e. The number of carbonyl (C=O) groups is 2. The van der Waals surface area contributed by atoms with Gasteiger partial charge in [0.05, 0.1) is 25.2 Å². The maximum atomic E-state index is 11.0. The summed E-state index contributed by atoms with van der Waals surface area (Å²) in [5, 5.41) is 21.2. The molecule has 0 heterocycles. The first-order valence-electron chi connectivity index (χ1n) is 6.98. The van der Waals surface area contributed by atoms with Crippen LogP contribution in [0.3, 0.4) is 0 Å². The fourth-order valence-corrected chi connectivity index (χ4v) is 1.63. The summed E-state index contributed by atoms with van der Waals surface area (Å²) in [6.07, 6.45) is 2.45. The van der Waals surface area contributed by atoms with E-state index in [9.17, 15) is 9.59 Å². The summed E-state index contributed by atoms with van der Waals surface area (Å²) >= 11 is 5.23. The van der Waals surface area contributed by atoms with Crippen LogP contribution in [0.4, 0.5) is 0 Å². The van der Waals surface area contributed by atoms with E-state index >= 15 is 0 Å². The number of alkyl halides is 1. The first-order chi connectivity index (χ1) is 11.5. The molecule has 0 fully saturated rings. The second-order valence-electron chi connectivity index (χ2n) is 3.84. The molecule has 0 aromatic rings. The molecule has 1 rings (SSSR count). The van der Waals surface area contributed by atoms with E-state index in [4.69, 9.17) is 43.3 Å². The van der Waals surface area contributed by atoms with E-state index in [-0.39, 0.29) is 31.3 Å². The van der Waals surface area contributed by atoms with E-state index in [0.29, 0.717) is 43.9 Å². The smallest absolute Gasteiger partial charge is 0.337 e. The molecule has 0 atom stereocenters. The molecule has 1 aliphatic carbocycles. The molecule has 5 N–H and O–H groups in total. The van der Waals surface area contributed by atoms with E-state index in [2.05, 4.69) is 4.74 Å². The van der Waals surface area contributed by atoms with Gasteiger partial charge in [0.2, 0.25) is 0 Å². The highest BCUT2D eigenvalue weighted by Gasteiger charge is 2.20. The number of aliphatic hydroxyl groups excluding tert-OH is 1. The Balaban J connectivity index is -0.0000000876. The minimum absolute atomic E-state index is 0. The Morgan fingerprint density at radius 2 is 1.73 bits per heavy atom. The zero-order chi connectivity index (χ0) is 19.4. The van der Waals surface area contributed by atoms with Crippen LogP contribution in [-0.2, 0) is 19.1 Å². The Hall–Kier alpha value is -2.54. The van der Waals surface area contributed by atoms with Gasteiger partial charge in [0.1, 0.15) is 5.76 Å². The highest BCUT2D eigenvalue weighted by molar-refractivity contribution is 6.18. The molecule has 0 saturated carbocycles. The van der Waals surface area contributed by atoms with Gasteiger partial charge in [-0.15, -0.1) is 17.1 Å². The standard InChI is InChI=1S/C8H12O3.C5H9ClO2.CH4.HN3.N2.H3N/c1-2-11-8(10)6-4-3-5-7(6)9;1-2-8-5(7)3-4-6;;1-3-2;1-2;/h9H,2-5H2,1H3;2-4H2,1H3;1H4;1H;;1H3. The summed E-state index contributed by atoms with van der Waals surface area (Å²) in [7, 11) is 0. The molecule has 26 heavy (non-hydrogen) atoms. The monoisotopic (exact) mass is 396 g/mol. The van der Waals surface area contributed by atoms with Crippen molar-refractivity contribution in [2.24, 2.45) is 0 Å². The van der Waals surface area contributed by atoms with Gasteiger partial charge in [-0.25, -0.2) is 4.79 Å². The molecule has 11 nitrogen and oxygen atoms in total. The van der Waals surface area contributed by atoms with Crippen molar-refractivity contribution < 1.29 is 24.2 Å². The van der Waals surface area contributed by atoms with E-state index in [1.54, 1.807) is 18.8 Å². The van der Waals surface area contributed by atoms with Gasteiger partial charge in [0.25, 0.3) is 0 Å². The van der Waals surface area contributed by atoms with Crippen molar-refractivity contribution in [3.8, 4) is 0 Å². The highest BCUT2D eigenvalue weighted by Crippen LogP contribution is 2.24. The average molecular weight is 397 g/mol. The molecule has 12 heteroatoms. The SMILES string of the molecule is C.CCOC(=O)C1=C(O)CCC1.CCOC(=O)CCCl.N.N#N.[N-]=[N+]=N. The Kier molecular flexibility index (Phi) is 36.5. The third-order valence-electron chi connectivity index (χ3n) is 2.31. The van der Waals surface area contributed by atoms with E-state index in [1.807, 2.05) is 0 Å². The lowest BCUT2D eigenvalue weighted by atomic mass is 10.2. The van der Waals surface area contributed by atoms with Gasteiger partial charge in [0, 0.05) is 23.1 Å². The fraction of sp³-hybridized carbons (Fsp3) is 0.714. The second-order valence-corrected chi connectivity index (χ2v) is 4.22. The van der Waals surface area contributed by atoms with Crippen LogP contribution in [0.15, 0.2) is 11.3 Å². The molecule has 1 aliphatic rings. The van der Waals surface area contributed by atoms with Crippen molar-refractivity contribution in [1.82, 2.24) is 6.15 Å². The Labute approximate surface area is 158 Å². The van der Waals surface area contributed by atoms with Crippen molar-refractivity contribution >= 4 is 23.5 Å². The van der Waals surface area contributed by atoms with Crippen LogP contribution in [0.25, 0.3) is 10.4 Å². The van der Waals surface area contributed by atoms with Crippen molar-refractivity contribution in [1.29, 1.82) is 16.3 Å². The number of hydrogen-bond donors (Lipinski definition) is 3. The number of halogens is 1. The highest BCUT2D eigenvalue weighted by atomic mass is 35.5. The first kappa shape index (κ1) is 34.7. The molecule has 0 aromatic carbocycles. The summed E-state index contributed by atoms with van der Waals surface area (Å²) in [5.74, 6) is -0.0211. The number of ether oxygens (including phenoxy) is 2. The lowest BCUT2D eigenvalue weighted by molar-refractivity contribution is -0.142. The maximum Gasteiger partial charge on any atom is 0.337 e. The van der Waals surface area contributed by atoms with Crippen LogP contribution >= 0.6 is 11.6 Å².